The zero-order valence-corrected chi connectivity index (χ0v) is 17.2. The molecule has 0 aliphatic carbocycles. The Kier molecular flexibility index (Phi) is 7.21. The normalized spacial score (nSPS) is 12.0. The van der Waals surface area contributed by atoms with Crippen LogP contribution in [0.3, 0.4) is 0 Å². The Hall–Kier alpha value is 0.400. The molecule has 106 valence electrons. The first-order chi connectivity index (χ1) is 9.29. The van der Waals surface area contributed by atoms with Gasteiger partial charge in [-0.3, -0.25) is 0 Å². The third-order valence-corrected chi connectivity index (χ3v) is 6.07. The van der Waals surface area contributed by atoms with E-state index in [1.54, 1.807) is 6.07 Å². The van der Waals surface area contributed by atoms with Gasteiger partial charge >= 0.3 is 29.6 Å². The quantitative estimate of drug-likeness (QED) is 0.395. The standard InChI is InChI=1S/C11H6BrCl2NO3S2.Na/c12-9-3-4-10(19-9)20(17,18)15-11(16)7-2-1-6(13)5-8(7)14;/h1-5H,(H,15,16);/q;+1/p-1. The minimum Gasteiger partial charge on any atom is -0.858 e. The van der Waals surface area contributed by atoms with E-state index in [0.29, 0.717) is 8.81 Å². The van der Waals surface area contributed by atoms with Crippen LogP contribution in [0.2, 0.25) is 10.0 Å². The number of thiophene rings is 1. The van der Waals surface area contributed by atoms with Crippen molar-refractivity contribution in [2.45, 2.75) is 4.21 Å². The average molecular weight is 437 g/mol. The Morgan fingerprint density at radius 3 is 2.43 bits per heavy atom. The number of hydrogen-bond acceptors (Lipinski definition) is 4. The molecule has 0 aliphatic rings. The Bertz CT molecular complexity index is 793. The molecule has 0 fully saturated rings. The summed E-state index contributed by atoms with van der Waals surface area (Å²) in [6, 6.07) is 7.04. The maximum absolute atomic E-state index is 11.9. The SMILES string of the molecule is O=S(=O)(N=C([O-])c1ccc(Cl)cc1Cl)c1ccc(Br)s1.[Na+]. The zero-order chi connectivity index (χ0) is 14.9. The molecule has 0 aliphatic heterocycles. The summed E-state index contributed by atoms with van der Waals surface area (Å²) in [5.74, 6) is -0.934. The van der Waals surface area contributed by atoms with Crippen LogP contribution in [0, 0.1) is 0 Å². The molecule has 4 nitrogen and oxygen atoms in total. The van der Waals surface area contributed by atoms with Gasteiger partial charge in [0.2, 0.25) is 0 Å². The molecule has 0 spiro atoms. The molecule has 0 amide bonds. The van der Waals surface area contributed by atoms with Crippen LogP contribution < -0.4 is 34.7 Å². The van der Waals surface area contributed by atoms with E-state index in [2.05, 4.69) is 20.3 Å². The van der Waals surface area contributed by atoms with Gasteiger partial charge in [-0.15, -0.1) is 11.3 Å². The molecule has 0 atom stereocenters. The van der Waals surface area contributed by atoms with E-state index in [1.807, 2.05) is 0 Å². The van der Waals surface area contributed by atoms with Crippen LogP contribution in [0.15, 0.2) is 42.7 Å². The van der Waals surface area contributed by atoms with Crippen molar-refractivity contribution >= 4 is 66.4 Å². The molecular formula is C11H5BrCl2NNaO3S2. The first-order valence-electron chi connectivity index (χ1n) is 5.02. The molecule has 10 heteroatoms. The van der Waals surface area contributed by atoms with E-state index in [9.17, 15) is 13.5 Å². The molecular weight excluding hydrogens is 432 g/mol. The van der Waals surface area contributed by atoms with Crippen molar-refractivity contribution in [3.05, 3.63) is 49.7 Å². The summed E-state index contributed by atoms with van der Waals surface area (Å²) in [6.07, 6.45) is 0. The topological polar surface area (TPSA) is 69.6 Å². The summed E-state index contributed by atoms with van der Waals surface area (Å²) in [6.45, 7) is 0. The van der Waals surface area contributed by atoms with Crippen LogP contribution in [0.25, 0.3) is 0 Å². The van der Waals surface area contributed by atoms with E-state index in [4.69, 9.17) is 23.2 Å². The Labute approximate surface area is 166 Å². The molecule has 0 saturated heterocycles. The van der Waals surface area contributed by atoms with Crippen molar-refractivity contribution in [3.8, 4) is 0 Å². The second kappa shape index (κ2) is 7.79. The van der Waals surface area contributed by atoms with Crippen LogP contribution in [0.1, 0.15) is 5.56 Å². The molecule has 1 aromatic carbocycles. The maximum Gasteiger partial charge on any atom is 1.00 e. The fourth-order valence-electron chi connectivity index (χ4n) is 1.30. The van der Waals surface area contributed by atoms with Gasteiger partial charge in [0.25, 0.3) is 10.0 Å². The zero-order valence-electron chi connectivity index (χ0n) is 10.5. The minimum absolute atomic E-state index is 0. The molecule has 0 radical (unpaired) electrons. The van der Waals surface area contributed by atoms with Crippen LogP contribution in [-0.2, 0) is 10.0 Å². The molecule has 0 saturated carbocycles. The largest absolute Gasteiger partial charge is 1.00 e. The van der Waals surface area contributed by atoms with Crippen LogP contribution >= 0.6 is 50.5 Å². The second-order valence-corrected chi connectivity index (χ2v) is 8.69. The summed E-state index contributed by atoms with van der Waals surface area (Å²) < 4.78 is 27.7. The molecule has 1 aromatic heterocycles. The van der Waals surface area contributed by atoms with E-state index in [-0.39, 0.29) is 44.4 Å². The Morgan fingerprint density at radius 2 is 1.90 bits per heavy atom. The van der Waals surface area contributed by atoms with Crippen molar-refractivity contribution in [3.63, 3.8) is 0 Å². The third kappa shape index (κ3) is 4.94. The van der Waals surface area contributed by atoms with Crippen LogP contribution in [0.4, 0.5) is 0 Å². The van der Waals surface area contributed by atoms with Gasteiger partial charge in [0.05, 0.1) is 8.81 Å². The van der Waals surface area contributed by atoms with Gasteiger partial charge in [-0.05, 0) is 40.2 Å². The smallest absolute Gasteiger partial charge is 0.858 e. The third-order valence-electron chi connectivity index (χ3n) is 2.17. The van der Waals surface area contributed by atoms with Crippen LogP contribution in [0.5, 0.6) is 0 Å². The number of benzene rings is 1. The van der Waals surface area contributed by atoms with Crippen molar-refractivity contribution in [2.75, 3.05) is 0 Å². The van der Waals surface area contributed by atoms with E-state index in [1.165, 1.54) is 24.3 Å². The van der Waals surface area contributed by atoms with Gasteiger partial charge in [-0.1, -0.05) is 29.3 Å². The first-order valence-corrected chi connectivity index (χ1v) is 8.83. The van der Waals surface area contributed by atoms with Crippen molar-refractivity contribution < 1.29 is 43.1 Å². The van der Waals surface area contributed by atoms with Crippen molar-refractivity contribution in [2.24, 2.45) is 4.40 Å². The average Bonchev–Trinajstić information content (AvgIpc) is 2.75. The molecule has 2 rings (SSSR count). The van der Waals surface area contributed by atoms with Crippen molar-refractivity contribution in [1.29, 1.82) is 0 Å². The van der Waals surface area contributed by atoms with Gasteiger partial charge < -0.3 is 5.11 Å². The van der Waals surface area contributed by atoms with Gasteiger partial charge in [0.15, 0.2) is 0 Å². The van der Waals surface area contributed by atoms with Gasteiger partial charge in [-0.25, -0.2) is 0 Å². The Balaban J connectivity index is 0.00000220. The van der Waals surface area contributed by atoms with Crippen molar-refractivity contribution in [1.82, 2.24) is 0 Å². The summed E-state index contributed by atoms with van der Waals surface area (Å²) in [5.41, 5.74) is -0.0183. The molecule has 2 aromatic rings. The number of rotatable bonds is 3. The minimum atomic E-state index is -4.04. The number of hydrogen-bond donors (Lipinski definition) is 0. The predicted molar refractivity (Wildman–Crippen MR) is 82.2 cm³/mol. The number of halogens is 3. The number of sulfonamides is 1. The van der Waals surface area contributed by atoms with E-state index >= 15 is 0 Å². The molecule has 21 heavy (non-hydrogen) atoms. The van der Waals surface area contributed by atoms with Gasteiger partial charge in [0.1, 0.15) is 4.21 Å². The fourth-order valence-corrected chi connectivity index (χ4v) is 4.68. The molecule has 0 bridgehead atoms. The first kappa shape index (κ1) is 19.4. The molecule has 1 heterocycles. The molecule has 0 N–H and O–H groups in total. The molecule has 0 unspecified atom stereocenters. The van der Waals surface area contributed by atoms with E-state index in [0.717, 1.165) is 11.3 Å². The Morgan fingerprint density at radius 1 is 1.24 bits per heavy atom. The summed E-state index contributed by atoms with van der Waals surface area (Å²) in [7, 11) is -4.04. The van der Waals surface area contributed by atoms with Gasteiger partial charge in [0, 0.05) is 16.5 Å². The number of nitrogens with zero attached hydrogens (tertiary/aromatic N) is 1. The fraction of sp³-hybridized carbons (Fsp3) is 0. The summed E-state index contributed by atoms with van der Waals surface area (Å²) >= 11 is 15.7. The summed E-state index contributed by atoms with van der Waals surface area (Å²) in [5, 5.41) is 12.3. The van der Waals surface area contributed by atoms with Gasteiger partial charge in [-0.2, -0.15) is 12.8 Å². The predicted octanol–water partition coefficient (Wildman–Crippen LogP) is 0.317. The maximum atomic E-state index is 11.9. The summed E-state index contributed by atoms with van der Waals surface area (Å²) in [4.78, 5) is 0. The monoisotopic (exact) mass is 435 g/mol. The van der Waals surface area contributed by atoms with Crippen LogP contribution in [-0.4, -0.2) is 14.3 Å². The second-order valence-electron chi connectivity index (χ2n) is 3.55. The van der Waals surface area contributed by atoms with E-state index < -0.39 is 15.9 Å².